The van der Waals surface area contributed by atoms with E-state index in [1.54, 1.807) is 37.5 Å². The Hall–Kier alpha value is -2.09. The van der Waals surface area contributed by atoms with E-state index in [1.165, 1.54) is 0 Å². The minimum atomic E-state index is -0.717. The molecule has 1 fully saturated rings. The van der Waals surface area contributed by atoms with Crippen LogP contribution in [0.2, 0.25) is 5.15 Å². The van der Waals surface area contributed by atoms with Crippen molar-refractivity contribution < 1.29 is 23.5 Å². The number of piperazine rings is 1. The van der Waals surface area contributed by atoms with Gasteiger partial charge in [0.25, 0.3) is 0 Å². The maximum atomic E-state index is 14.4. The molecule has 144 valence electrons. The number of aromatic nitrogens is 1. The third-order valence-electron chi connectivity index (χ3n) is 3.64. The molecule has 0 atom stereocenters. The molecule has 1 amide bonds. The molecule has 0 radical (unpaired) electrons. The molecule has 2 rings (SSSR count). The van der Waals surface area contributed by atoms with Gasteiger partial charge in [0.2, 0.25) is 0 Å². The second kappa shape index (κ2) is 8.07. The maximum absolute atomic E-state index is 14.4. The quantitative estimate of drug-likeness (QED) is 0.586. The Bertz CT molecular complexity index is 685. The smallest absolute Gasteiger partial charge is 0.410 e. The molecule has 0 N–H and O–H groups in total. The van der Waals surface area contributed by atoms with E-state index in [4.69, 9.17) is 21.1 Å². The lowest BCUT2D eigenvalue weighted by molar-refractivity contribution is 0.0240. The summed E-state index contributed by atoms with van der Waals surface area (Å²) in [5.74, 6) is -1.33. The fourth-order valence-corrected chi connectivity index (χ4v) is 2.67. The minimum absolute atomic E-state index is 0.0480. The van der Waals surface area contributed by atoms with Crippen LogP contribution in [0.3, 0.4) is 0 Å². The van der Waals surface area contributed by atoms with Crippen LogP contribution in [0.15, 0.2) is 6.07 Å². The van der Waals surface area contributed by atoms with Crippen LogP contribution in [0.1, 0.15) is 38.1 Å². The van der Waals surface area contributed by atoms with Gasteiger partial charge in [0.15, 0.2) is 11.6 Å². The Balaban J connectivity index is 2.06. The summed E-state index contributed by atoms with van der Waals surface area (Å²) < 4.78 is 24.6. The molecule has 1 saturated heterocycles. The average Bonchev–Trinajstić information content (AvgIpc) is 2.55. The SMILES string of the molecule is CCOC(=O)c1cc(F)c(N2CCN(C(=O)OC(C)(C)C)CC2)nc1Cl. The fraction of sp³-hybridized carbons (Fsp3) is 0.588. The Labute approximate surface area is 157 Å². The van der Waals surface area contributed by atoms with Gasteiger partial charge in [0, 0.05) is 26.2 Å². The van der Waals surface area contributed by atoms with Gasteiger partial charge in [-0.05, 0) is 33.8 Å². The zero-order valence-corrected chi connectivity index (χ0v) is 16.1. The third kappa shape index (κ3) is 4.97. The van der Waals surface area contributed by atoms with Gasteiger partial charge in [-0.2, -0.15) is 0 Å². The Kier molecular flexibility index (Phi) is 6.28. The van der Waals surface area contributed by atoms with Gasteiger partial charge in [0.05, 0.1) is 6.61 Å². The normalized spacial score (nSPS) is 15.0. The lowest BCUT2D eigenvalue weighted by Crippen LogP contribution is -2.50. The molecular formula is C17H23ClFN3O4. The summed E-state index contributed by atoms with van der Waals surface area (Å²) in [6.45, 7) is 8.69. The third-order valence-corrected chi connectivity index (χ3v) is 3.93. The van der Waals surface area contributed by atoms with Crippen LogP contribution in [0.4, 0.5) is 15.0 Å². The highest BCUT2D eigenvalue weighted by atomic mass is 35.5. The molecule has 0 spiro atoms. The summed E-state index contributed by atoms with van der Waals surface area (Å²) in [5.41, 5.74) is -0.680. The first-order chi connectivity index (χ1) is 12.1. The van der Waals surface area contributed by atoms with Gasteiger partial charge in [-0.25, -0.2) is 19.0 Å². The molecule has 0 aromatic carbocycles. The molecule has 0 unspecified atom stereocenters. The van der Waals surface area contributed by atoms with Crippen molar-refractivity contribution in [2.45, 2.75) is 33.3 Å². The van der Waals surface area contributed by atoms with Crippen molar-refractivity contribution in [3.05, 3.63) is 22.6 Å². The number of hydrogen-bond acceptors (Lipinski definition) is 6. The second-order valence-electron chi connectivity index (χ2n) is 6.81. The van der Waals surface area contributed by atoms with Crippen LogP contribution in [0.25, 0.3) is 0 Å². The standard InChI is InChI=1S/C17H23ClFN3O4/c1-5-25-15(23)11-10-12(19)14(20-13(11)18)21-6-8-22(9-7-21)16(24)26-17(2,3)4/h10H,5-9H2,1-4H3. The van der Waals surface area contributed by atoms with E-state index in [9.17, 15) is 14.0 Å². The number of carbonyl (C=O) groups excluding carboxylic acids is 2. The van der Waals surface area contributed by atoms with Crippen molar-refractivity contribution in [3.63, 3.8) is 0 Å². The van der Waals surface area contributed by atoms with E-state index in [1.807, 2.05) is 0 Å². The number of esters is 1. The van der Waals surface area contributed by atoms with Gasteiger partial charge in [-0.15, -0.1) is 0 Å². The maximum Gasteiger partial charge on any atom is 0.410 e. The van der Waals surface area contributed by atoms with Crippen LogP contribution in [-0.4, -0.2) is 60.3 Å². The number of anilines is 1. The first-order valence-electron chi connectivity index (χ1n) is 8.38. The molecule has 1 aliphatic rings. The lowest BCUT2D eigenvalue weighted by atomic mass is 10.2. The van der Waals surface area contributed by atoms with E-state index in [0.29, 0.717) is 26.2 Å². The van der Waals surface area contributed by atoms with Crippen LogP contribution in [0, 0.1) is 5.82 Å². The van der Waals surface area contributed by atoms with Crippen LogP contribution in [0.5, 0.6) is 0 Å². The number of amides is 1. The van der Waals surface area contributed by atoms with E-state index >= 15 is 0 Å². The summed E-state index contributed by atoms with van der Waals surface area (Å²) in [6, 6.07) is 1.03. The fourth-order valence-electron chi connectivity index (χ4n) is 2.46. The zero-order valence-electron chi connectivity index (χ0n) is 15.3. The number of halogens is 2. The lowest BCUT2D eigenvalue weighted by Gasteiger charge is -2.36. The predicted octanol–water partition coefficient (Wildman–Crippen LogP) is 3.11. The number of carbonyl (C=O) groups is 2. The molecule has 0 saturated carbocycles. The highest BCUT2D eigenvalue weighted by molar-refractivity contribution is 6.32. The number of ether oxygens (including phenoxy) is 2. The molecule has 26 heavy (non-hydrogen) atoms. The topological polar surface area (TPSA) is 72.0 Å². The van der Waals surface area contributed by atoms with E-state index in [-0.39, 0.29) is 23.1 Å². The predicted molar refractivity (Wildman–Crippen MR) is 95.2 cm³/mol. The summed E-state index contributed by atoms with van der Waals surface area (Å²) in [4.78, 5) is 31.1. The molecule has 7 nitrogen and oxygen atoms in total. The number of nitrogens with zero attached hydrogens (tertiary/aromatic N) is 3. The second-order valence-corrected chi connectivity index (χ2v) is 7.17. The Morgan fingerprint density at radius 1 is 1.27 bits per heavy atom. The highest BCUT2D eigenvalue weighted by Crippen LogP contribution is 2.25. The largest absolute Gasteiger partial charge is 0.462 e. The molecule has 1 aromatic heterocycles. The van der Waals surface area contributed by atoms with E-state index < -0.39 is 23.5 Å². The zero-order chi connectivity index (χ0) is 19.5. The summed E-state index contributed by atoms with van der Waals surface area (Å²) in [6.07, 6.45) is -0.402. The molecule has 0 bridgehead atoms. The highest BCUT2D eigenvalue weighted by Gasteiger charge is 2.28. The van der Waals surface area contributed by atoms with E-state index in [2.05, 4.69) is 4.98 Å². The van der Waals surface area contributed by atoms with Crippen LogP contribution >= 0.6 is 11.6 Å². The Morgan fingerprint density at radius 3 is 2.42 bits per heavy atom. The van der Waals surface area contributed by atoms with Crippen molar-refractivity contribution in [1.29, 1.82) is 0 Å². The molecule has 1 aromatic rings. The van der Waals surface area contributed by atoms with Crippen molar-refractivity contribution >= 4 is 29.5 Å². The molecule has 0 aliphatic carbocycles. The van der Waals surface area contributed by atoms with Crippen molar-refractivity contribution in [2.24, 2.45) is 0 Å². The first kappa shape index (κ1) is 20.2. The van der Waals surface area contributed by atoms with Gasteiger partial charge < -0.3 is 19.3 Å². The van der Waals surface area contributed by atoms with Crippen LogP contribution < -0.4 is 4.90 Å². The minimum Gasteiger partial charge on any atom is -0.462 e. The van der Waals surface area contributed by atoms with Gasteiger partial charge in [0.1, 0.15) is 16.3 Å². The van der Waals surface area contributed by atoms with Gasteiger partial charge >= 0.3 is 12.1 Å². The molecule has 2 heterocycles. The van der Waals surface area contributed by atoms with Crippen molar-refractivity contribution in [1.82, 2.24) is 9.88 Å². The molecule has 9 heteroatoms. The number of hydrogen-bond donors (Lipinski definition) is 0. The summed E-state index contributed by atoms with van der Waals surface area (Å²) in [7, 11) is 0. The number of pyridine rings is 1. The van der Waals surface area contributed by atoms with Gasteiger partial charge in [-0.3, -0.25) is 0 Å². The monoisotopic (exact) mass is 387 g/mol. The summed E-state index contributed by atoms with van der Waals surface area (Å²) in [5, 5.41) is -0.116. The summed E-state index contributed by atoms with van der Waals surface area (Å²) >= 11 is 6.01. The van der Waals surface area contributed by atoms with Crippen molar-refractivity contribution in [3.8, 4) is 0 Å². The van der Waals surface area contributed by atoms with Crippen molar-refractivity contribution in [2.75, 3.05) is 37.7 Å². The molecule has 1 aliphatic heterocycles. The Morgan fingerprint density at radius 2 is 1.88 bits per heavy atom. The van der Waals surface area contributed by atoms with Crippen LogP contribution in [-0.2, 0) is 9.47 Å². The first-order valence-corrected chi connectivity index (χ1v) is 8.76. The average molecular weight is 388 g/mol. The number of rotatable bonds is 3. The molecular weight excluding hydrogens is 365 g/mol. The van der Waals surface area contributed by atoms with Gasteiger partial charge in [-0.1, -0.05) is 11.6 Å². The van der Waals surface area contributed by atoms with E-state index in [0.717, 1.165) is 6.07 Å².